The van der Waals surface area contributed by atoms with E-state index in [1.54, 1.807) is 0 Å². The minimum Gasteiger partial charge on any atom is -0.396 e. The molecule has 1 aliphatic rings. The third-order valence-corrected chi connectivity index (χ3v) is 3.95. The number of aliphatic hydroxyl groups excluding tert-OH is 1. The van der Waals surface area contributed by atoms with Crippen molar-refractivity contribution in [2.75, 3.05) is 31.1 Å². The first kappa shape index (κ1) is 15.8. The molecule has 0 spiro atoms. The Morgan fingerprint density at radius 2 is 2.29 bits per heavy atom. The first-order valence-corrected chi connectivity index (χ1v) is 7.73. The number of rotatable bonds is 6. The molecule has 0 bridgehead atoms. The summed E-state index contributed by atoms with van der Waals surface area (Å²) in [6.45, 7) is 8.14. The van der Waals surface area contributed by atoms with Crippen LogP contribution in [-0.4, -0.2) is 31.3 Å². The molecule has 2 N–H and O–H groups in total. The topological polar surface area (TPSA) is 59.3 Å². The zero-order chi connectivity index (χ0) is 15.2. The summed E-state index contributed by atoms with van der Waals surface area (Å²) in [6, 6.07) is 8.43. The molecular weight excluding hydrogens is 262 g/mol. The second kappa shape index (κ2) is 7.44. The maximum atomic E-state index is 9.39. The van der Waals surface area contributed by atoms with Crippen molar-refractivity contribution in [1.82, 2.24) is 5.32 Å². The van der Waals surface area contributed by atoms with Gasteiger partial charge in [0.2, 0.25) is 0 Å². The van der Waals surface area contributed by atoms with Crippen LogP contribution in [0.4, 0.5) is 5.69 Å². The van der Waals surface area contributed by atoms with Gasteiger partial charge in [-0.15, -0.1) is 0 Å². The molecule has 0 saturated carbocycles. The molecule has 114 valence electrons. The molecule has 1 unspecified atom stereocenters. The fourth-order valence-electron chi connectivity index (χ4n) is 2.76. The van der Waals surface area contributed by atoms with Crippen molar-refractivity contribution in [2.45, 2.75) is 26.8 Å². The smallest absolute Gasteiger partial charge is 0.101 e. The van der Waals surface area contributed by atoms with E-state index in [-0.39, 0.29) is 6.61 Å². The minimum atomic E-state index is 0.232. The Bertz CT molecular complexity index is 507. The van der Waals surface area contributed by atoms with E-state index in [4.69, 9.17) is 0 Å². The van der Waals surface area contributed by atoms with Crippen LogP contribution in [0, 0.1) is 23.2 Å². The Labute approximate surface area is 127 Å². The lowest BCUT2D eigenvalue weighted by atomic mass is 10.1. The highest BCUT2D eigenvalue weighted by Gasteiger charge is 2.23. The highest BCUT2D eigenvalue weighted by Crippen LogP contribution is 2.27. The lowest BCUT2D eigenvalue weighted by Crippen LogP contribution is -2.22. The van der Waals surface area contributed by atoms with E-state index in [2.05, 4.69) is 36.2 Å². The van der Waals surface area contributed by atoms with Crippen LogP contribution in [0.1, 0.15) is 31.4 Å². The van der Waals surface area contributed by atoms with E-state index in [1.165, 1.54) is 0 Å². The van der Waals surface area contributed by atoms with E-state index < -0.39 is 0 Å². The van der Waals surface area contributed by atoms with Gasteiger partial charge in [-0.3, -0.25) is 0 Å². The molecule has 1 aliphatic heterocycles. The van der Waals surface area contributed by atoms with Gasteiger partial charge in [0.05, 0.1) is 11.3 Å². The van der Waals surface area contributed by atoms with Crippen molar-refractivity contribution in [2.24, 2.45) is 11.8 Å². The van der Waals surface area contributed by atoms with Crippen LogP contribution in [0.3, 0.4) is 0 Å². The third kappa shape index (κ3) is 4.20. The molecule has 1 fully saturated rings. The van der Waals surface area contributed by atoms with Crippen LogP contribution in [0.15, 0.2) is 18.2 Å². The van der Waals surface area contributed by atoms with Gasteiger partial charge in [-0.05, 0) is 36.6 Å². The Hall–Kier alpha value is -1.57. The van der Waals surface area contributed by atoms with Crippen molar-refractivity contribution in [3.05, 3.63) is 29.3 Å². The summed E-state index contributed by atoms with van der Waals surface area (Å²) in [6.07, 6.45) is 0.999. The zero-order valence-electron chi connectivity index (χ0n) is 13.0. The SMILES string of the molecule is CC(C)CNCc1ccc(N2CCC(CO)C2)c(C#N)c1. The number of anilines is 1. The summed E-state index contributed by atoms with van der Waals surface area (Å²) in [5.41, 5.74) is 2.88. The normalized spacial score (nSPS) is 18.2. The van der Waals surface area contributed by atoms with Crippen LogP contribution in [0.2, 0.25) is 0 Å². The van der Waals surface area contributed by atoms with Gasteiger partial charge in [-0.25, -0.2) is 0 Å². The monoisotopic (exact) mass is 287 g/mol. The maximum Gasteiger partial charge on any atom is 0.101 e. The molecule has 21 heavy (non-hydrogen) atoms. The highest BCUT2D eigenvalue weighted by atomic mass is 16.3. The van der Waals surface area contributed by atoms with Crippen LogP contribution in [0.25, 0.3) is 0 Å². The number of aliphatic hydroxyl groups is 1. The number of nitrogens with one attached hydrogen (secondary N) is 1. The van der Waals surface area contributed by atoms with Crippen molar-refractivity contribution in [1.29, 1.82) is 5.26 Å². The standard InChI is InChI=1S/C17H25N3O/c1-13(2)9-19-10-14-3-4-17(16(7-14)8-18)20-6-5-15(11-20)12-21/h3-4,7,13,15,19,21H,5-6,9-12H2,1-2H3. The van der Waals surface area contributed by atoms with Gasteiger partial charge in [-0.1, -0.05) is 19.9 Å². The average molecular weight is 287 g/mol. The zero-order valence-corrected chi connectivity index (χ0v) is 13.0. The average Bonchev–Trinajstić information content (AvgIpc) is 2.95. The molecule has 0 amide bonds. The summed E-state index contributed by atoms with van der Waals surface area (Å²) in [5, 5.41) is 22.0. The molecule has 4 heteroatoms. The van der Waals surface area contributed by atoms with E-state index in [1.807, 2.05) is 12.1 Å². The molecule has 1 atom stereocenters. The molecule has 1 aromatic rings. The Morgan fingerprint density at radius 3 is 2.90 bits per heavy atom. The van der Waals surface area contributed by atoms with Crippen molar-refractivity contribution >= 4 is 5.69 Å². The molecule has 1 saturated heterocycles. The molecule has 0 radical (unpaired) electrons. The van der Waals surface area contributed by atoms with Gasteiger partial charge in [-0.2, -0.15) is 5.26 Å². The van der Waals surface area contributed by atoms with Gasteiger partial charge in [0.15, 0.2) is 0 Å². The summed E-state index contributed by atoms with van der Waals surface area (Å²) in [7, 11) is 0. The lowest BCUT2D eigenvalue weighted by molar-refractivity contribution is 0.238. The highest BCUT2D eigenvalue weighted by molar-refractivity contribution is 5.61. The molecule has 1 aromatic carbocycles. The summed E-state index contributed by atoms with van der Waals surface area (Å²) >= 11 is 0. The Balaban J connectivity index is 2.05. The molecule has 2 rings (SSSR count). The predicted molar refractivity (Wildman–Crippen MR) is 85.1 cm³/mol. The minimum absolute atomic E-state index is 0.232. The summed E-state index contributed by atoms with van der Waals surface area (Å²) in [5.74, 6) is 0.962. The lowest BCUT2D eigenvalue weighted by Gasteiger charge is -2.20. The van der Waals surface area contributed by atoms with Gasteiger partial charge >= 0.3 is 0 Å². The van der Waals surface area contributed by atoms with E-state index in [9.17, 15) is 10.4 Å². The molecular formula is C17H25N3O. The molecule has 0 aromatic heterocycles. The van der Waals surface area contributed by atoms with Gasteiger partial charge in [0.1, 0.15) is 6.07 Å². The Morgan fingerprint density at radius 1 is 1.48 bits per heavy atom. The van der Waals surface area contributed by atoms with Crippen molar-refractivity contribution < 1.29 is 5.11 Å². The molecule has 0 aliphatic carbocycles. The first-order chi connectivity index (χ1) is 10.1. The number of nitrogens with zero attached hydrogens (tertiary/aromatic N) is 2. The van der Waals surface area contributed by atoms with E-state index in [0.717, 1.165) is 49.4 Å². The quantitative estimate of drug-likeness (QED) is 0.841. The van der Waals surface area contributed by atoms with Crippen LogP contribution in [0.5, 0.6) is 0 Å². The van der Waals surface area contributed by atoms with Crippen LogP contribution in [-0.2, 0) is 6.54 Å². The largest absolute Gasteiger partial charge is 0.396 e. The third-order valence-electron chi connectivity index (χ3n) is 3.95. The van der Waals surface area contributed by atoms with Crippen molar-refractivity contribution in [3.8, 4) is 6.07 Å². The predicted octanol–water partition coefficient (Wildman–Crippen LogP) is 2.12. The van der Waals surface area contributed by atoms with E-state index in [0.29, 0.717) is 11.8 Å². The van der Waals surface area contributed by atoms with Gasteiger partial charge in [0, 0.05) is 32.2 Å². The second-order valence-electron chi connectivity index (χ2n) is 6.27. The van der Waals surface area contributed by atoms with Gasteiger partial charge in [0.25, 0.3) is 0 Å². The van der Waals surface area contributed by atoms with Crippen LogP contribution < -0.4 is 10.2 Å². The summed E-state index contributed by atoms with van der Waals surface area (Å²) < 4.78 is 0. The number of benzene rings is 1. The number of hydrogen-bond donors (Lipinski definition) is 2. The first-order valence-electron chi connectivity index (χ1n) is 7.73. The Kier molecular flexibility index (Phi) is 5.60. The second-order valence-corrected chi connectivity index (χ2v) is 6.27. The van der Waals surface area contributed by atoms with Crippen molar-refractivity contribution in [3.63, 3.8) is 0 Å². The number of nitriles is 1. The van der Waals surface area contributed by atoms with E-state index >= 15 is 0 Å². The fraction of sp³-hybridized carbons (Fsp3) is 0.588. The summed E-state index contributed by atoms with van der Waals surface area (Å²) in [4.78, 5) is 2.21. The molecule has 1 heterocycles. The fourth-order valence-corrected chi connectivity index (χ4v) is 2.76. The maximum absolute atomic E-state index is 9.39. The van der Waals surface area contributed by atoms with Gasteiger partial charge < -0.3 is 15.3 Å². The number of hydrogen-bond acceptors (Lipinski definition) is 4. The molecule has 4 nitrogen and oxygen atoms in total. The van der Waals surface area contributed by atoms with Crippen LogP contribution >= 0.6 is 0 Å².